The lowest BCUT2D eigenvalue weighted by Crippen LogP contribution is -2.14. The molecule has 16 heavy (non-hydrogen) atoms. The van der Waals surface area contributed by atoms with Crippen LogP contribution in [0.1, 0.15) is 18.9 Å². The Kier molecular flexibility index (Phi) is 5.99. The van der Waals surface area contributed by atoms with Crippen molar-refractivity contribution in [2.75, 3.05) is 13.2 Å². The van der Waals surface area contributed by atoms with Gasteiger partial charge < -0.3 is 10.1 Å². The van der Waals surface area contributed by atoms with Gasteiger partial charge in [-0.2, -0.15) is 0 Å². The van der Waals surface area contributed by atoms with E-state index in [0.29, 0.717) is 6.61 Å². The summed E-state index contributed by atoms with van der Waals surface area (Å²) in [5, 5.41) is 3.34. The Hall–Kier alpha value is -0.980. The molecule has 1 rings (SSSR count). The molecule has 0 radical (unpaired) electrons. The van der Waals surface area contributed by atoms with Gasteiger partial charge in [-0.05, 0) is 35.0 Å². The van der Waals surface area contributed by atoms with Crippen LogP contribution >= 0.6 is 15.9 Å². The third kappa shape index (κ3) is 3.88. The maximum absolute atomic E-state index is 5.52. The molecule has 0 fully saturated rings. The first-order valence-corrected chi connectivity index (χ1v) is 6.13. The van der Waals surface area contributed by atoms with Gasteiger partial charge in [0.2, 0.25) is 0 Å². The van der Waals surface area contributed by atoms with Crippen molar-refractivity contribution in [2.24, 2.45) is 0 Å². The van der Waals surface area contributed by atoms with Crippen molar-refractivity contribution in [3.05, 3.63) is 28.2 Å². The first kappa shape index (κ1) is 13.1. The molecule has 0 atom stereocenters. The number of para-hydroxylation sites is 1. The van der Waals surface area contributed by atoms with E-state index in [4.69, 9.17) is 11.2 Å². The van der Waals surface area contributed by atoms with Crippen LogP contribution in [0, 0.1) is 12.3 Å². The van der Waals surface area contributed by atoms with E-state index in [-0.39, 0.29) is 0 Å². The number of ether oxygens (including phenoxy) is 1. The van der Waals surface area contributed by atoms with E-state index >= 15 is 0 Å². The van der Waals surface area contributed by atoms with Crippen LogP contribution < -0.4 is 10.1 Å². The van der Waals surface area contributed by atoms with Gasteiger partial charge in [-0.15, -0.1) is 6.42 Å². The molecule has 0 saturated carbocycles. The zero-order chi connectivity index (χ0) is 11.8. The number of nitrogens with one attached hydrogen (secondary N) is 1. The fourth-order valence-corrected chi connectivity index (χ4v) is 1.89. The van der Waals surface area contributed by atoms with Gasteiger partial charge in [0.25, 0.3) is 0 Å². The predicted molar refractivity (Wildman–Crippen MR) is 70.5 cm³/mol. The summed E-state index contributed by atoms with van der Waals surface area (Å²) >= 11 is 3.46. The summed E-state index contributed by atoms with van der Waals surface area (Å²) in [6.45, 7) is 4.24. The Morgan fingerprint density at radius 2 is 2.31 bits per heavy atom. The molecular formula is C13H16BrNO. The average Bonchev–Trinajstić information content (AvgIpc) is 2.28. The van der Waals surface area contributed by atoms with Gasteiger partial charge >= 0.3 is 0 Å². The smallest absolute Gasteiger partial charge is 0.148 e. The van der Waals surface area contributed by atoms with Crippen molar-refractivity contribution < 1.29 is 4.74 Å². The second-order valence-electron chi connectivity index (χ2n) is 3.40. The molecule has 1 N–H and O–H groups in total. The minimum absolute atomic E-state index is 0.295. The van der Waals surface area contributed by atoms with E-state index in [1.807, 2.05) is 18.2 Å². The molecule has 3 heteroatoms. The second-order valence-corrected chi connectivity index (χ2v) is 4.25. The van der Waals surface area contributed by atoms with Crippen LogP contribution in [0.25, 0.3) is 0 Å². The summed E-state index contributed by atoms with van der Waals surface area (Å²) < 4.78 is 6.47. The Balaban J connectivity index is 2.73. The van der Waals surface area contributed by atoms with Gasteiger partial charge in [0, 0.05) is 12.1 Å². The molecule has 0 aliphatic carbocycles. The summed E-state index contributed by atoms with van der Waals surface area (Å²) in [4.78, 5) is 0. The predicted octanol–water partition coefficient (Wildman–Crippen LogP) is 2.96. The molecular weight excluding hydrogens is 266 g/mol. The van der Waals surface area contributed by atoms with Crippen molar-refractivity contribution in [1.82, 2.24) is 5.32 Å². The molecule has 0 aromatic heterocycles. The van der Waals surface area contributed by atoms with E-state index in [2.05, 4.69) is 34.1 Å². The van der Waals surface area contributed by atoms with E-state index in [0.717, 1.165) is 35.3 Å². The van der Waals surface area contributed by atoms with Gasteiger partial charge in [-0.25, -0.2) is 0 Å². The Labute approximate surface area is 106 Å². The molecule has 1 aromatic carbocycles. The lowest BCUT2D eigenvalue weighted by molar-refractivity contribution is 0.362. The molecule has 0 saturated heterocycles. The zero-order valence-electron chi connectivity index (χ0n) is 9.42. The van der Waals surface area contributed by atoms with Crippen LogP contribution in [0.4, 0.5) is 0 Å². The van der Waals surface area contributed by atoms with Crippen molar-refractivity contribution in [1.29, 1.82) is 0 Å². The second kappa shape index (κ2) is 7.32. The van der Waals surface area contributed by atoms with Crippen LogP contribution in [-0.2, 0) is 6.54 Å². The number of terminal acetylenes is 1. The number of hydrogen-bond acceptors (Lipinski definition) is 2. The highest BCUT2D eigenvalue weighted by molar-refractivity contribution is 9.10. The normalized spacial score (nSPS) is 9.81. The van der Waals surface area contributed by atoms with E-state index < -0.39 is 0 Å². The molecule has 2 nitrogen and oxygen atoms in total. The van der Waals surface area contributed by atoms with Crippen LogP contribution in [0.3, 0.4) is 0 Å². The Morgan fingerprint density at radius 3 is 3.00 bits per heavy atom. The number of rotatable bonds is 6. The minimum Gasteiger partial charge on any atom is -0.479 e. The van der Waals surface area contributed by atoms with Gasteiger partial charge in [0.15, 0.2) is 0 Å². The third-order valence-electron chi connectivity index (χ3n) is 2.09. The maximum atomic E-state index is 5.52. The van der Waals surface area contributed by atoms with Crippen LogP contribution in [0.15, 0.2) is 22.7 Å². The van der Waals surface area contributed by atoms with Crippen molar-refractivity contribution in [3.63, 3.8) is 0 Å². The first-order valence-electron chi connectivity index (χ1n) is 5.34. The molecule has 0 unspecified atom stereocenters. The standard InChI is InChI=1S/C13H16BrNO/c1-3-8-15-10-11-6-5-7-12(14)13(11)16-9-4-2/h2,5-7,15H,3,8-10H2,1H3. The fourth-order valence-electron chi connectivity index (χ4n) is 1.37. The van der Waals surface area contributed by atoms with Crippen LogP contribution in [-0.4, -0.2) is 13.2 Å². The first-order chi connectivity index (χ1) is 7.79. The summed E-state index contributed by atoms with van der Waals surface area (Å²) in [5.41, 5.74) is 1.12. The lowest BCUT2D eigenvalue weighted by Gasteiger charge is -2.12. The van der Waals surface area contributed by atoms with Gasteiger partial charge in [-0.1, -0.05) is 25.0 Å². The van der Waals surface area contributed by atoms with E-state index in [9.17, 15) is 0 Å². The average molecular weight is 282 g/mol. The molecule has 0 aliphatic heterocycles. The quantitative estimate of drug-likeness (QED) is 0.640. The van der Waals surface area contributed by atoms with Crippen LogP contribution in [0.2, 0.25) is 0 Å². The Morgan fingerprint density at radius 1 is 1.50 bits per heavy atom. The monoisotopic (exact) mass is 281 g/mol. The SMILES string of the molecule is C#CCOc1c(Br)cccc1CNCCC. The van der Waals surface area contributed by atoms with Crippen molar-refractivity contribution >= 4 is 15.9 Å². The zero-order valence-corrected chi connectivity index (χ0v) is 11.0. The molecule has 86 valence electrons. The summed E-state index contributed by atoms with van der Waals surface area (Å²) in [5.74, 6) is 3.31. The number of benzene rings is 1. The maximum Gasteiger partial charge on any atom is 0.148 e. The summed E-state index contributed by atoms with van der Waals surface area (Å²) in [6.07, 6.45) is 6.31. The minimum atomic E-state index is 0.295. The van der Waals surface area contributed by atoms with Gasteiger partial charge in [0.1, 0.15) is 12.4 Å². The highest BCUT2D eigenvalue weighted by atomic mass is 79.9. The largest absolute Gasteiger partial charge is 0.479 e. The van der Waals surface area contributed by atoms with Crippen molar-refractivity contribution in [3.8, 4) is 18.1 Å². The topological polar surface area (TPSA) is 21.3 Å². The molecule has 0 aliphatic rings. The lowest BCUT2D eigenvalue weighted by atomic mass is 10.2. The highest BCUT2D eigenvalue weighted by Crippen LogP contribution is 2.28. The van der Waals surface area contributed by atoms with E-state index in [1.54, 1.807) is 0 Å². The molecule has 0 amide bonds. The Bertz CT molecular complexity index is 371. The third-order valence-corrected chi connectivity index (χ3v) is 2.72. The fraction of sp³-hybridized carbons (Fsp3) is 0.385. The van der Waals surface area contributed by atoms with Gasteiger partial charge in [0.05, 0.1) is 4.47 Å². The summed E-state index contributed by atoms with van der Waals surface area (Å²) in [6, 6.07) is 5.99. The summed E-state index contributed by atoms with van der Waals surface area (Å²) in [7, 11) is 0. The number of halogens is 1. The van der Waals surface area contributed by atoms with E-state index in [1.165, 1.54) is 0 Å². The highest BCUT2D eigenvalue weighted by Gasteiger charge is 2.06. The van der Waals surface area contributed by atoms with Gasteiger partial charge in [-0.3, -0.25) is 0 Å². The molecule has 0 bridgehead atoms. The molecule has 0 spiro atoms. The molecule has 0 heterocycles. The van der Waals surface area contributed by atoms with Crippen LogP contribution in [0.5, 0.6) is 5.75 Å². The number of hydrogen-bond donors (Lipinski definition) is 1. The van der Waals surface area contributed by atoms with Crippen molar-refractivity contribution in [2.45, 2.75) is 19.9 Å². The molecule has 1 aromatic rings.